The van der Waals surface area contributed by atoms with E-state index in [0.717, 1.165) is 0 Å². The highest BCUT2D eigenvalue weighted by Gasteiger charge is 2.34. The standard InChI is InChI=1S/C45H71N15O13/c1-24(54-41(70)34(22-61)60-37(66)29(47)20-25-9-13-27(63)14-10-25)36(65)59-35(23-62)42(71)58-33(21-26-11-15-28(64)16-12-26)40(69)56-31(7-4-18-52-44(48)49)38(67)55-30(6-2-3-17-46)39(68)57-32(43(72)73)8-5-19-53-45(50)51/h9-16,24,29-35,61-64H,2-8,17-23,46-47H2,1H3,(H,54,70)(H,55,67)(H,56,69)(H,57,68)(H,58,71)(H,59,65)(H,60,66)(H,72,73)(H4,48,49,52)(H4,50,51,53)/t24-,29-,30-,31-,32-,33-,34-,35-/m0/s1. The van der Waals surface area contributed by atoms with Gasteiger partial charge >= 0.3 is 5.97 Å². The molecule has 8 atom stereocenters. The van der Waals surface area contributed by atoms with Gasteiger partial charge in [0, 0.05) is 19.5 Å². The average molecular weight is 1030 g/mol. The molecule has 404 valence electrons. The summed E-state index contributed by atoms with van der Waals surface area (Å²) < 4.78 is 0. The van der Waals surface area contributed by atoms with Gasteiger partial charge in [-0.25, -0.2) is 4.79 Å². The summed E-state index contributed by atoms with van der Waals surface area (Å²) in [5.41, 5.74) is 34.3. The lowest BCUT2D eigenvalue weighted by Crippen LogP contribution is -2.61. The molecule has 7 amide bonds. The predicted molar refractivity (Wildman–Crippen MR) is 265 cm³/mol. The van der Waals surface area contributed by atoms with Gasteiger partial charge in [0.2, 0.25) is 41.4 Å². The molecule has 0 radical (unpaired) electrons. The first-order chi connectivity index (χ1) is 34.6. The van der Waals surface area contributed by atoms with E-state index in [9.17, 15) is 63.9 Å². The number of phenolic OH excluding ortho intramolecular Hbond substituents is 2. The third kappa shape index (κ3) is 23.3. The normalized spacial score (nSPS) is 14.2. The van der Waals surface area contributed by atoms with E-state index in [1.54, 1.807) is 12.1 Å². The summed E-state index contributed by atoms with van der Waals surface area (Å²) in [6.07, 6.45) is 0.583. The highest BCUT2D eigenvalue weighted by atomic mass is 16.4. The Kier molecular flexibility index (Phi) is 27.0. The number of aliphatic hydroxyl groups excluding tert-OH is 2. The zero-order chi connectivity index (χ0) is 54.6. The molecule has 0 bridgehead atoms. The molecule has 24 N–H and O–H groups in total. The first-order valence-corrected chi connectivity index (χ1v) is 23.3. The number of unbranched alkanes of at least 4 members (excludes halogenated alkanes) is 1. The minimum Gasteiger partial charge on any atom is -0.508 e. The smallest absolute Gasteiger partial charge is 0.326 e. The van der Waals surface area contributed by atoms with Crippen LogP contribution in [0.4, 0.5) is 0 Å². The summed E-state index contributed by atoms with van der Waals surface area (Å²) in [5, 5.41) is 66.3. The van der Waals surface area contributed by atoms with Gasteiger partial charge in [-0.2, -0.15) is 0 Å². The number of carboxylic acids is 1. The van der Waals surface area contributed by atoms with Gasteiger partial charge in [-0.1, -0.05) is 24.3 Å². The topological polar surface area (TPSA) is 503 Å². The molecule has 0 heterocycles. The van der Waals surface area contributed by atoms with Crippen LogP contribution in [0.2, 0.25) is 0 Å². The third-order valence-corrected chi connectivity index (χ3v) is 10.8. The van der Waals surface area contributed by atoms with E-state index in [4.69, 9.17) is 34.4 Å². The number of aromatic hydroxyl groups is 2. The first kappa shape index (κ1) is 61.3. The van der Waals surface area contributed by atoms with Gasteiger partial charge in [0.05, 0.1) is 19.3 Å². The Labute approximate surface area is 420 Å². The number of aliphatic carboxylic acids is 1. The Morgan fingerprint density at radius 2 is 0.863 bits per heavy atom. The van der Waals surface area contributed by atoms with Crippen molar-refractivity contribution in [1.29, 1.82) is 0 Å². The van der Waals surface area contributed by atoms with Crippen molar-refractivity contribution in [3.05, 3.63) is 59.7 Å². The number of hydrogen-bond acceptors (Lipinski definition) is 16. The summed E-state index contributed by atoms with van der Waals surface area (Å²) in [7, 11) is 0. The lowest BCUT2D eigenvalue weighted by Gasteiger charge is -2.27. The maximum absolute atomic E-state index is 14.2. The van der Waals surface area contributed by atoms with Crippen molar-refractivity contribution in [3.8, 4) is 11.5 Å². The Morgan fingerprint density at radius 3 is 1.32 bits per heavy atom. The monoisotopic (exact) mass is 1030 g/mol. The summed E-state index contributed by atoms with van der Waals surface area (Å²) in [4.78, 5) is 115. The number of carbonyl (C=O) groups is 8. The van der Waals surface area contributed by atoms with Gasteiger partial charge < -0.3 is 97.2 Å². The summed E-state index contributed by atoms with van der Waals surface area (Å²) >= 11 is 0. The quantitative estimate of drug-likeness (QED) is 0.0180. The fourth-order valence-electron chi connectivity index (χ4n) is 6.78. The Balaban J connectivity index is 2.32. The van der Waals surface area contributed by atoms with E-state index in [2.05, 4.69) is 47.2 Å². The van der Waals surface area contributed by atoms with Crippen molar-refractivity contribution >= 4 is 59.2 Å². The van der Waals surface area contributed by atoms with Gasteiger partial charge in [-0.15, -0.1) is 0 Å². The van der Waals surface area contributed by atoms with E-state index in [0.29, 0.717) is 24.0 Å². The number of nitrogens with one attached hydrogen (secondary N) is 7. The molecule has 0 spiro atoms. The number of guanidine groups is 2. The Bertz CT molecular complexity index is 2190. The summed E-state index contributed by atoms with van der Waals surface area (Å²) in [5.74, 6) is -8.60. The van der Waals surface area contributed by atoms with Gasteiger partial charge in [-0.3, -0.25) is 43.5 Å². The molecule has 73 heavy (non-hydrogen) atoms. The number of benzene rings is 2. The second-order valence-corrected chi connectivity index (χ2v) is 16.8. The molecule has 2 aromatic carbocycles. The number of nitrogens with two attached hydrogens (primary N) is 6. The fraction of sp³-hybridized carbons (Fsp3) is 0.511. The molecule has 0 aromatic heterocycles. The van der Waals surface area contributed by atoms with Crippen molar-refractivity contribution in [2.45, 2.75) is 113 Å². The van der Waals surface area contributed by atoms with Crippen LogP contribution < -0.4 is 71.6 Å². The Morgan fingerprint density at radius 1 is 0.493 bits per heavy atom. The van der Waals surface area contributed by atoms with Gasteiger partial charge in [0.1, 0.15) is 53.8 Å². The molecule has 0 unspecified atom stereocenters. The van der Waals surface area contributed by atoms with Crippen LogP contribution in [0.3, 0.4) is 0 Å². The van der Waals surface area contributed by atoms with Crippen LogP contribution >= 0.6 is 0 Å². The molecular weight excluding hydrogens is 959 g/mol. The number of amides is 7. The maximum Gasteiger partial charge on any atom is 0.326 e. The molecule has 0 aliphatic carbocycles. The van der Waals surface area contributed by atoms with Gasteiger partial charge in [0.25, 0.3) is 0 Å². The minimum absolute atomic E-state index is 0.00107. The minimum atomic E-state index is -1.75. The van der Waals surface area contributed by atoms with Crippen LogP contribution in [0.5, 0.6) is 11.5 Å². The SMILES string of the molecule is C[C@H](NC(=O)[C@H](CO)NC(=O)[C@@H](N)Cc1ccc(O)cc1)C(=O)N[C@@H](CO)C(=O)N[C@@H](Cc1ccc(O)cc1)C(=O)N[C@@H](CCCN=C(N)N)C(=O)N[C@@H](CCCCN)C(=O)N[C@@H](CCCN=C(N)N)C(=O)O. The van der Waals surface area contributed by atoms with Crippen LogP contribution in [0.25, 0.3) is 0 Å². The predicted octanol–water partition coefficient (Wildman–Crippen LogP) is -6.07. The third-order valence-electron chi connectivity index (χ3n) is 10.8. The highest BCUT2D eigenvalue weighted by Crippen LogP contribution is 2.14. The average Bonchev–Trinajstić information content (AvgIpc) is 3.34. The summed E-state index contributed by atoms with van der Waals surface area (Å²) in [6, 6.07) is -0.243. The molecule has 0 aliphatic rings. The fourth-order valence-corrected chi connectivity index (χ4v) is 6.78. The molecule has 28 heteroatoms. The lowest BCUT2D eigenvalue weighted by molar-refractivity contribution is -0.142. The van der Waals surface area contributed by atoms with Crippen LogP contribution in [0, 0.1) is 0 Å². The molecule has 0 fully saturated rings. The zero-order valence-corrected chi connectivity index (χ0v) is 40.5. The number of aliphatic imine (C=N–C) groups is 2. The molecule has 0 saturated heterocycles. The van der Waals surface area contributed by atoms with Crippen LogP contribution in [0.1, 0.15) is 63.0 Å². The van der Waals surface area contributed by atoms with Crippen molar-refractivity contribution in [2.75, 3.05) is 32.8 Å². The second kappa shape index (κ2) is 32.2. The second-order valence-electron chi connectivity index (χ2n) is 16.8. The maximum atomic E-state index is 14.2. The van der Waals surface area contributed by atoms with Crippen LogP contribution in [-0.2, 0) is 51.2 Å². The number of carboxylic acid groups (broad SMARTS) is 1. The molecule has 28 nitrogen and oxygen atoms in total. The number of phenols is 2. The number of hydrogen-bond donors (Lipinski definition) is 18. The van der Waals surface area contributed by atoms with Gasteiger partial charge in [0.15, 0.2) is 11.9 Å². The molecule has 2 aromatic rings. The Hall–Kier alpha value is -7.82. The molecule has 0 saturated carbocycles. The molecular formula is C45H71N15O13. The molecule has 2 rings (SSSR count). The van der Waals surface area contributed by atoms with Crippen LogP contribution in [-0.4, -0.2) is 166 Å². The summed E-state index contributed by atoms with van der Waals surface area (Å²) in [6.45, 7) is -0.391. The lowest BCUT2D eigenvalue weighted by atomic mass is 10.0. The van der Waals surface area contributed by atoms with E-state index < -0.39 is 109 Å². The number of carbonyl (C=O) groups excluding carboxylic acids is 7. The van der Waals surface area contributed by atoms with Crippen molar-refractivity contribution in [2.24, 2.45) is 44.4 Å². The van der Waals surface area contributed by atoms with E-state index in [1.807, 2.05) is 0 Å². The number of rotatable bonds is 33. The number of aliphatic hydroxyl groups is 2. The number of nitrogens with zero attached hydrogens (tertiary/aromatic N) is 2. The van der Waals surface area contributed by atoms with E-state index in [1.165, 1.54) is 43.3 Å². The largest absolute Gasteiger partial charge is 0.508 e. The van der Waals surface area contributed by atoms with Crippen molar-refractivity contribution < 1.29 is 63.9 Å². The van der Waals surface area contributed by atoms with Crippen molar-refractivity contribution in [1.82, 2.24) is 37.2 Å². The highest BCUT2D eigenvalue weighted by molar-refractivity contribution is 5.97. The molecule has 0 aliphatic heterocycles. The van der Waals surface area contributed by atoms with Crippen LogP contribution in [0.15, 0.2) is 58.5 Å². The zero-order valence-electron chi connectivity index (χ0n) is 40.5. The van der Waals surface area contributed by atoms with E-state index >= 15 is 0 Å². The van der Waals surface area contributed by atoms with Gasteiger partial charge in [-0.05, 0) is 100 Å². The first-order valence-electron chi connectivity index (χ1n) is 23.3. The van der Waals surface area contributed by atoms with E-state index in [-0.39, 0.29) is 88.0 Å². The van der Waals surface area contributed by atoms with Crippen molar-refractivity contribution in [3.63, 3.8) is 0 Å².